The Labute approximate surface area is 112 Å². The Morgan fingerprint density at radius 1 is 1.47 bits per heavy atom. The van der Waals surface area contributed by atoms with E-state index in [4.69, 9.17) is 10.6 Å². The Kier molecular flexibility index (Phi) is 5.53. The highest BCUT2D eigenvalue weighted by Crippen LogP contribution is 2.25. The molecule has 7 heteroatoms. The fraction of sp³-hybridized carbons (Fsp3) is 0.500. The van der Waals surface area contributed by atoms with Gasteiger partial charge in [0.2, 0.25) is 0 Å². The summed E-state index contributed by atoms with van der Waals surface area (Å²) in [5.41, 5.74) is 3.65. The second kappa shape index (κ2) is 6.91. The number of nitrogens with two attached hydrogens (primary N) is 1. The first kappa shape index (κ1) is 15.2. The second-order valence-electron chi connectivity index (χ2n) is 4.48. The molecule has 1 rings (SSSR count). The van der Waals surface area contributed by atoms with E-state index in [1.807, 2.05) is 25.8 Å². The molecule has 106 valence electrons. The van der Waals surface area contributed by atoms with Gasteiger partial charge in [0.05, 0.1) is 23.3 Å². The van der Waals surface area contributed by atoms with E-state index in [1.165, 1.54) is 12.1 Å². The molecule has 0 heterocycles. The number of nitrogen functional groups attached to an aromatic ring is 1. The average molecular weight is 268 g/mol. The minimum Gasteiger partial charge on any atom is -0.377 e. The number of nitrogens with zero attached hydrogens (tertiary/aromatic N) is 2. The van der Waals surface area contributed by atoms with Crippen LogP contribution in [-0.4, -0.2) is 31.2 Å². The Hall–Kier alpha value is -1.86. The monoisotopic (exact) mass is 268 g/mol. The van der Waals surface area contributed by atoms with Gasteiger partial charge in [0.15, 0.2) is 0 Å². The van der Waals surface area contributed by atoms with Crippen LogP contribution in [0, 0.1) is 10.1 Å². The minimum atomic E-state index is -0.442. The van der Waals surface area contributed by atoms with Gasteiger partial charge < -0.3 is 15.1 Å². The number of hydrazine groups is 1. The number of hydrogen-bond acceptors (Lipinski definition) is 6. The first-order valence-electron chi connectivity index (χ1n) is 6.03. The van der Waals surface area contributed by atoms with Crippen LogP contribution in [0.5, 0.6) is 0 Å². The van der Waals surface area contributed by atoms with Crippen molar-refractivity contribution in [2.24, 2.45) is 5.84 Å². The lowest BCUT2D eigenvalue weighted by atomic mass is 10.2. The second-order valence-corrected chi connectivity index (χ2v) is 4.48. The lowest BCUT2D eigenvalue weighted by molar-refractivity contribution is -0.384. The van der Waals surface area contributed by atoms with E-state index < -0.39 is 4.92 Å². The number of non-ortho nitro benzene ring substituents is 1. The summed E-state index contributed by atoms with van der Waals surface area (Å²) in [7, 11) is 1.85. The number of benzene rings is 1. The van der Waals surface area contributed by atoms with Crippen molar-refractivity contribution in [2.45, 2.75) is 20.0 Å². The lowest BCUT2D eigenvalue weighted by Gasteiger charge is -2.20. The van der Waals surface area contributed by atoms with E-state index in [2.05, 4.69) is 5.43 Å². The van der Waals surface area contributed by atoms with E-state index >= 15 is 0 Å². The summed E-state index contributed by atoms with van der Waals surface area (Å²) in [4.78, 5) is 12.3. The Bertz CT molecular complexity index is 437. The van der Waals surface area contributed by atoms with Crippen LogP contribution in [0.2, 0.25) is 0 Å². The molecule has 0 atom stereocenters. The Balaban J connectivity index is 2.80. The molecule has 0 aliphatic rings. The molecule has 0 saturated heterocycles. The van der Waals surface area contributed by atoms with Crippen LogP contribution in [-0.2, 0) is 4.74 Å². The minimum absolute atomic E-state index is 0.00192. The van der Waals surface area contributed by atoms with Gasteiger partial charge in [-0.1, -0.05) is 0 Å². The molecule has 0 bridgehead atoms. The molecule has 0 radical (unpaired) electrons. The Morgan fingerprint density at radius 2 is 2.16 bits per heavy atom. The van der Waals surface area contributed by atoms with Crippen molar-refractivity contribution in [3.63, 3.8) is 0 Å². The number of nitro groups is 1. The van der Waals surface area contributed by atoms with E-state index in [0.29, 0.717) is 18.8 Å². The molecular formula is C12H20N4O3. The van der Waals surface area contributed by atoms with Crippen LogP contribution in [0.3, 0.4) is 0 Å². The zero-order chi connectivity index (χ0) is 14.4. The van der Waals surface area contributed by atoms with Crippen LogP contribution >= 0.6 is 0 Å². The van der Waals surface area contributed by atoms with Gasteiger partial charge in [-0.15, -0.1) is 0 Å². The first-order valence-corrected chi connectivity index (χ1v) is 6.03. The van der Waals surface area contributed by atoms with Gasteiger partial charge in [-0.05, 0) is 19.9 Å². The van der Waals surface area contributed by atoms with Crippen molar-refractivity contribution in [2.75, 3.05) is 30.5 Å². The quantitative estimate of drug-likeness (QED) is 0.444. The molecule has 1 aromatic rings. The summed E-state index contributed by atoms with van der Waals surface area (Å²) >= 11 is 0. The molecule has 19 heavy (non-hydrogen) atoms. The van der Waals surface area contributed by atoms with Gasteiger partial charge in [0.25, 0.3) is 5.69 Å². The summed E-state index contributed by atoms with van der Waals surface area (Å²) in [6, 6.07) is 4.65. The van der Waals surface area contributed by atoms with Crippen molar-refractivity contribution >= 4 is 17.1 Å². The topological polar surface area (TPSA) is 93.7 Å². The molecule has 0 aromatic heterocycles. The number of likely N-dealkylation sites (N-methyl/N-ethyl adjacent to an activating group) is 1. The predicted octanol–water partition coefficient (Wildman–Crippen LogP) is 1.74. The molecule has 0 saturated carbocycles. The molecule has 0 fully saturated rings. The van der Waals surface area contributed by atoms with Crippen LogP contribution in [0.4, 0.5) is 17.1 Å². The molecule has 1 aromatic carbocycles. The maximum Gasteiger partial charge on any atom is 0.273 e. The van der Waals surface area contributed by atoms with Crippen LogP contribution in [0.25, 0.3) is 0 Å². The molecule has 3 N–H and O–H groups in total. The SMILES string of the molecule is CC(C)OCCN(C)c1cc(NN)cc([N+](=O)[O-])c1. The number of hydrogen-bond donors (Lipinski definition) is 2. The largest absolute Gasteiger partial charge is 0.377 e. The van der Waals surface area contributed by atoms with E-state index in [1.54, 1.807) is 6.07 Å². The predicted molar refractivity (Wildman–Crippen MR) is 75.3 cm³/mol. The molecule has 0 spiro atoms. The van der Waals surface area contributed by atoms with Crippen LogP contribution in [0.1, 0.15) is 13.8 Å². The van der Waals surface area contributed by atoms with Crippen LogP contribution in [0.15, 0.2) is 18.2 Å². The molecule has 0 aliphatic heterocycles. The standard InChI is InChI=1S/C12H20N4O3/c1-9(2)19-5-4-15(3)11-6-10(14-13)7-12(8-11)16(17)18/h6-9,14H,4-5,13H2,1-3H3. The normalized spacial score (nSPS) is 10.6. The van der Waals surface area contributed by atoms with Gasteiger partial charge in [-0.25, -0.2) is 0 Å². The zero-order valence-corrected chi connectivity index (χ0v) is 11.4. The summed E-state index contributed by atoms with van der Waals surface area (Å²) < 4.78 is 5.45. The number of rotatable bonds is 7. The molecule has 7 nitrogen and oxygen atoms in total. The fourth-order valence-corrected chi connectivity index (χ4v) is 1.56. The van der Waals surface area contributed by atoms with E-state index in [9.17, 15) is 10.1 Å². The number of nitrogens with one attached hydrogen (secondary N) is 1. The van der Waals surface area contributed by atoms with Gasteiger partial charge in [0, 0.05) is 31.4 Å². The van der Waals surface area contributed by atoms with Crippen molar-refractivity contribution in [1.29, 1.82) is 0 Å². The smallest absolute Gasteiger partial charge is 0.273 e. The number of ether oxygens (including phenoxy) is 1. The Morgan fingerprint density at radius 3 is 2.68 bits per heavy atom. The summed E-state index contributed by atoms with van der Waals surface area (Å²) in [6.07, 6.45) is 0.166. The highest BCUT2D eigenvalue weighted by Gasteiger charge is 2.12. The summed E-state index contributed by atoms with van der Waals surface area (Å²) in [5, 5.41) is 10.8. The van der Waals surface area contributed by atoms with Gasteiger partial charge >= 0.3 is 0 Å². The van der Waals surface area contributed by atoms with Crippen LogP contribution < -0.4 is 16.2 Å². The third-order valence-corrected chi connectivity index (χ3v) is 2.60. The summed E-state index contributed by atoms with van der Waals surface area (Å²) in [6.45, 7) is 5.12. The van der Waals surface area contributed by atoms with Crippen molar-refractivity contribution < 1.29 is 9.66 Å². The maximum absolute atomic E-state index is 10.8. The van der Waals surface area contributed by atoms with E-state index in [0.717, 1.165) is 5.69 Å². The van der Waals surface area contributed by atoms with Gasteiger partial charge in [-0.3, -0.25) is 16.0 Å². The lowest BCUT2D eigenvalue weighted by Crippen LogP contribution is -2.24. The van der Waals surface area contributed by atoms with Gasteiger partial charge in [0.1, 0.15) is 0 Å². The highest BCUT2D eigenvalue weighted by atomic mass is 16.6. The molecular weight excluding hydrogens is 248 g/mol. The summed E-state index contributed by atoms with van der Waals surface area (Å²) in [5.74, 6) is 5.31. The van der Waals surface area contributed by atoms with Crippen molar-refractivity contribution in [3.8, 4) is 0 Å². The first-order chi connectivity index (χ1) is 8.93. The maximum atomic E-state index is 10.8. The third kappa shape index (κ3) is 4.72. The highest BCUT2D eigenvalue weighted by molar-refractivity contribution is 5.63. The fourth-order valence-electron chi connectivity index (χ4n) is 1.56. The molecule has 0 amide bonds. The third-order valence-electron chi connectivity index (χ3n) is 2.60. The van der Waals surface area contributed by atoms with Gasteiger partial charge in [-0.2, -0.15) is 0 Å². The van der Waals surface area contributed by atoms with E-state index in [-0.39, 0.29) is 11.8 Å². The van der Waals surface area contributed by atoms with Crippen molar-refractivity contribution in [1.82, 2.24) is 0 Å². The molecule has 0 aliphatic carbocycles. The van der Waals surface area contributed by atoms with Crippen molar-refractivity contribution in [3.05, 3.63) is 28.3 Å². The zero-order valence-electron chi connectivity index (χ0n) is 11.4. The average Bonchev–Trinajstić information content (AvgIpc) is 2.37. The number of anilines is 2. The molecule has 0 unspecified atom stereocenters. The number of nitro benzene ring substituents is 1.